The first-order valence-electron chi connectivity index (χ1n) is 8.68. The molecule has 2 aromatic carbocycles. The highest BCUT2D eigenvalue weighted by Gasteiger charge is 2.33. The smallest absolute Gasteiger partial charge is 0.266 e. The van der Waals surface area contributed by atoms with Crippen LogP contribution in [0.5, 0.6) is 5.75 Å². The Morgan fingerprint density at radius 1 is 1.00 bits per heavy atom. The van der Waals surface area contributed by atoms with E-state index in [1.807, 2.05) is 12.1 Å². The number of anilines is 2. The number of fused-ring (bicyclic) bond motifs is 1. The van der Waals surface area contributed by atoms with Crippen LogP contribution in [-0.4, -0.2) is 47.7 Å². The van der Waals surface area contributed by atoms with Crippen molar-refractivity contribution in [2.24, 2.45) is 0 Å². The molecule has 9 heteroatoms. The maximum absolute atomic E-state index is 13.3. The summed E-state index contributed by atoms with van der Waals surface area (Å²) in [7, 11) is -3.84. The largest absolute Gasteiger partial charge is 0.487 e. The van der Waals surface area contributed by atoms with E-state index in [0.717, 1.165) is 31.9 Å². The highest BCUT2D eigenvalue weighted by molar-refractivity contribution is 7.93. The number of hydrogen-bond acceptors (Lipinski definition) is 5. The molecule has 0 unspecified atom stereocenters. The number of benzene rings is 2. The minimum atomic E-state index is -3.84. The Balaban J connectivity index is 1.77. The third-order valence-corrected chi connectivity index (χ3v) is 7.23. The topological polar surface area (TPSA) is 61.9 Å². The van der Waals surface area contributed by atoms with Gasteiger partial charge >= 0.3 is 0 Å². The molecule has 0 bridgehead atoms. The number of hydrogen-bond donors (Lipinski definition) is 1. The molecule has 4 rings (SSSR count). The van der Waals surface area contributed by atoms with Gasteiger partial charge in [0.2, 0.25) is 0 Å². The minimum absolute atomic E-state index is 0.0361. The number of ether oxygens (including phenoxy) is 1. The molecular formula is C18H19Cl2N3O3S. The van der Waals surface area contributed by atoms with Crippen molar-refractivity contribution in [3.63, 3.8) is 0 Å². The Morgan fingerprint density at radius 3 is 2.48 bits per heavy atom. The molecule has 0 aromatic heterocycles. The van der Waals surface area contributed by atoms with E-state index in [0.29, 0.717) is 16.5 Å². The first-order chi connectivity index (χ1) is 13.0. The van der Waals surface area contributed by atoms with Crippen LogP contribution in [0.4, 0.5) is 11.4 Å². The monoisotopic (exact) mass is 427 g/mol. The molecule has 1 saturated heterocycles. The average molecular weight is 428 g/mol. The lowest BCUT2D eigenvalue weighted by Gasteiger charge is -2.36. The van der Waals surface area contributed by atoms with Gasteiger partial charge in [-0.1, -0.05) is 29.3 Å². The standard InChI is InChI=1S/C18H19Cl2N3O3S/c19-13-4-5-17(14(20)12-13)27(24,25)23-10-11-26-18-15(2-1-3-16(18)23)22-8-6-21-7-9-22/h1-5,12,21H,6-11H2. The zero-order valence-electron chi connectivity index (χ0n) is 14.5. The summed E-state index contributed by atoms with van der Waals surface area (Å²) in [6.07, 6.45) is 0. The Labute approximate surface area is 168 Å². The van der Waals surface area contributed by atoms with Gasteiger partial charge in [-0.05, 0) is 30.3 Å². The third-order valence-electron chi connectivity index (χ3n) is 4.70. The molecule has 2 aromatic rings. The number of rotatable bonds is 3. The van der Waals surface area contributed by atoms with Crippen molar-refractivity contribution in [2.75, 3.05) is 48.5 Å². The normalized spacial score (nSPS) is 17.4. The second kappa shape index (κ2) is 7.39. The molecule has 144 valence electrons. The van der Waals surface area contributed by atoms with Gasteiger partial charge in [0.05, 0.1) is 22.9 Å². The maximum Gasteiger partial charge on any atom is 0.266 e. The average Bonchev–Trinajstić information content (AvgIpc) is 2.67. The predicted molar refractivity (Wildman–Crippen MR) is 108 cm³/mol. The Kier molecular flexibility index (Phi) is 5.11. The molecule has 6 nitrogen and oxygen atoms in total. The summed E-state index contributed by atoms with van der Waals surface area (Å²) in [6.45, 7) is 3.95. The molecule has 0 saturated carbocycles. The molecule has 2 aliphatic rings. The first kappa shape index (κ1) is 18.7. The summed E-state index contributed by atoms with van der Waals surface area (Å²) in [6, 6.07) is 10.00. The third kappa shape index (κ3) is 3.45. The molecule has 0 aliphatic carbocycles. The van der Waals surface area contributed by atoms with Crippen LogP contribution in [0, 0.1) is 0 Å². The van der Waals surface area contributed by atoms with Crippen LogP contribution in [0.1, 0.15) is 0 Å². The van der Waals surface area contributed by atoms with Crippen LogP contribution < -0.4 is 19.3 Å². The Morgan fingerprint density at radius 2 is 1.74 bits per heavy atom. The highest BCUT2D eigenvalue weighted by atomic mass is 35.5. The molecule has 0 amide bonds. The van der Waals surface area contributed by atoms with Crippen LogP contribution in [0.15, 0.2) is 41.3 Å². The van der Waals surface area contributed by atoms with Crippen LogP contribution in [0.2, 0.25) is 10.0 Å². The van der Waals surface area contributed by atoms with Gasteiger partial charge in [-0.15, -0.1) is 0 Å². The fraction of sp³-hybridized carbons (Fsp3) is 0.333. The summed E-state index contributed by atoms with van der Waals surface area (Å²) in [5.41, 5.74) is 1.44. The van der Waals surface area contributed by atoms with Crippen molar-refractivity contribution in [1.82, 2.24) is 5.32 Å². The molecule has 0 spiro atoms. The van der Waals surface area contributed by atoms with Crippen molar-refractivity contribution in [3.8, 4) is 5.75 Å². The molecule has 1 fully saturated rings. The van der Waals surface area contributed by atoms with Gasteiger partial charge < -0.3 is 15.0 Å². The molecule has 27 heavy (non-hydrogen) atoms. The van der Waals surface area contributed by atoms with E-state index in [-0.39, 0.29) is 23.1 Å². The number of para-hydroxylation sites is 1. The minimum Gasteiger partial charge on any atom is -0.487 e. The van der Waals surface area contributed by atoms with Gasteiger partial charge in [-0.25, -0.2) is 8.42 Å². The van der Waals surface area contributed by atoms with Gasteiger partial charge in [-0.3, -0.25) is 4.31 Å². The predicted octanol–water partition coefficient (Wildman–Crippen LogP) is 2.99. The lowest BCUT2D eigenvalue weighted by molar-refractivity contribution is 0.315. The van der Waals surface area contributed by atoms with E-state index in [4.69, 9.17) is 27.9 Å². The summed E-state index contributed by atoms with van der Waals surface area (Å²) >= 11 is 12.1. The summed E-state index contributed by atoms with van der Waals surface area (Å²) < 4.78 is 33.8. The number of nitrogens with one attached hydrogen (secondary N) is 1. The van der Waals surface area contributed by atoms with Crippen LogP contribution in [-0.2, 0) is 10.0 Å². The second-order valence-corrected chi connectivity index (χ2v) is 9.04. The number of nitrogens with zero attached hydrogens (tertiary/aromatic N) is 2. The molecular weight excluding hydrogens is 409 g/mol. The lowest BCUT2D eigenvalue weighted by Crippen LogP contribution is -2.44. The van der Waals surface area contributed by atoms with Crippen molar-refractivity contribution in [3.05, 3.63) is 46.4 Å². The van der Waals surface area contributed by atoms with Crippen molar-refractivity contribution < 1.29 is 13.2 Å². The summed E-state index contributed by atoms with van der Waals surface area (Å²) in [5, 5.41) is 3.81. The Hall–Kier alpha value is -1.67. The SMILES string of the molecule is O=S(=O)(c1ccc(Cl)cc1Cl)N1CCOc2c(N3CCNCC3)cccc21. The van der Waals surface area contributed by atoms with Crippen LogP contribution in [0.3, 0.4) is 0 Å². The molecule has 2 heterocycles. The van der Waals surface area contributed by atoms with Crippen LogP contribution in [0.25, 0.3) is 0 Å². The Bertz CT molecular complexity index is 962. The quantitative estimate of drug-likeness (QED) is 0.815. The zero-order chi connectivity index (χ0) is 19.0. The molecule has 2 aliphatic heterocycles. The van der Waals surface area contributed by atoms with E-state index in [2.05, 4.69) is 10.2 Å². The van der Waals surface area contributed by atoms with Gasteiger partial charge in [0, 0.05) is 31.2 Å². The number of halogens is 2. The van der Waals surface area contributed by atoms with Gasteiger partial charge in [0.25, 0.3) is 10.0 Å². The van der Waals surface area contributed by atoms with E-state index in [9.17, 15) is 8.42 Å². The summed E-state index contributed by atoms with van der Waals surface area (Å²) in [4.78, 5) is 2.25. The van der Waals surface area contributed by atoms with E-state index < -0.39 is 10.0 Å². The zero-order valence-corrected chi connectivity index (χ0v) is 16.8. The van der Waals surface area contributed by atoms with E-state index in [1.165, 1.54) is 22.5 Å². The van der Waals surface area contributed by atoms with Gasteiger partial charge in [-0.2, -0.15) is 0 Å². The first-order valence-corrected chi connectivity index (χ1v) is 10.9. The van der Waals surface area contributed by atoms with Gasteiger partial charge in [0.1, 0.15) is 11.5 Å². The van der Waals surface area contributed by atoms with Gasteiger partial charge in [0.15, 0.2) is 5.75 Å². The maximum atomic E-state index is 13.3. The van der Waals surface area contributed by atoms with E-state index in [1.54, 1.807) is 6.07 Å². The molecule has 1 N–H and O–H groups in total. The van der Waals surface area contributed by atoms with E-state index >= 15 is 0 Å². The fourth-order valence-electron chi connectivity index (χ4n) is 3.42. The molecule has 0 atom stereocenters. The number of sulfonamides is 1. The second-order valence-electron chi connectivity index (χ2n) is 6.36. The molecule has 0 radical (unpaired) electrons. The lowest BCUT2D eigenvalue weighted by atomic mass is 10.2. The highest BCUT2D eigenvalue weighted by Crippen LogP contribution is 2.43. The van der Waals surface area contributed by atoms with Crippen molar-refractivity contribution >= 4 is 44.6 Å². The van der Waals surface area contributed by atoms with Crippen molar-refractivity contribution in [1.29, 1.82) is 0 Å². The van der Waals surface area contributed by atoms with Crippen molar-refractivity contribution in [2.45, 2.75) is 4.90 Å². The van der Waals surface area contributed by atoms with Crippen LogP contribution >= 0.6 is 23.2 Å². The summed E-state index contributed by atoms with van der Waals surface area (Å²) in [5.74, 6) is 0.597. The number of piperazine rings is 1. The fourth-order valence-corrected chi connectivity index (χ4v) is 5.62.